The van der Waals surface area contributed by atoms with E-state index in [1.807, 2.05) is 27.7 Å². The fourth-order valence-electron chi connectivity index (χ4n) is 0.922. The SMILES string of the molecule is C=C/C=C\C1=C(C)C(=O)NC1=O.CC.CC. The Bertz CT molecular complexity index is 312. The summed E-state index contributed by atoms with van der Waals surface area (Å²) in [6, 6.07) is 0. The van der Waals surface area contributed by atoms with E-state index in [0.717, 1.165) is 0 Å². The molecule has 1 rings (SSSR count). The number of allylic oxidation sites excluding steroid dienone is 2. The Morgan fingerprint density at radius 3 is 1.88 bits per heavy atom. The third-order valence-corrected chi connectivity index (χ3v) is 1.62. The zero-order valence-electron chi connectivity index (χ0n) is 10.8. The molecule has 0 saturated carbocycles. The lowest BCUT2D eigenvalue weighted by Gasteiger charge is -1.87. The number of hydrogen-bond donors (Lipinski definition) is 1. The summed E-state index contributed by atoms with van der Waals surface area (Å²) in [5.41, 5.74) is 0.873. The molecule has 0 bridgehead atoms. The first kappa shape index (κ1) is 16.8. The predicted molar refractivity (Wildman–Crippen MR) is 67.9 cm³/mol. The van der Waals surface area contributed by atoms with Crippen LogP contribution in [-0.4, -0.2) is 11.8 Å². The van der Waals surface area contributed by atoms with Crippen molar-refractivity contribution in [2.45, 2.75) is 34.6 Å². The van der Waals surface area contributed by atoms with Gasteiger partial charge in [0, 0.05) is 11.1 Å². The minimum absolute atomic E-state index is 0.316. The summed E-state index contributed by atoms with van der Waals surface area (Å²) in [6.07, 6.45) is 4.75. The van der Waals surface area contributed by atoms with Crippen molar-refractivity contribution < 1.29 is 9.59 Å². The molecule has 0 radical (unpaired) electrons. The van der Waals surface area contributed by atoms with Gasteiger partial charge in [-0.2, -0.15) is 0 Å². The molecule has 0 atom stereocenters. The average Bonchev–Trinajstić information content (AvgIpc) is 2.57. The molecule has 2 amide bonds. The van der Waals surface area contributed by atoms with Crippen LogP contribution in [0, 0.1) is 0 Å². The van der Waals surface area contributed by atoms with Crippen LogP contribution in [0.3, 0.4) is 0 Å². The Morgan fingerprint density at radius 1 is 1.06 bits per heavy atom. The first-order chi connectivity index (χ1) is 7.66. The molecule has 16 heavy (non-hydrogen) atoms. The molecular formula is C13H21NO2. The molecule has 0 aromatic carbocycles. The first-order valence-corrected chi connectivity index (χ1v) is 5.52. The molecule has 0 unspecified atom stereocenters. The Balaban J connectivity index is 0. The van der Waals surface area contributed by atoms with E-state index in [0.29, 0.717) is 11.1 Å². The van der Waals surface area contributed by atoms with Crippen LogP contribution in [-0.2, 0) is 9.59 Å². The topological polar surface area (TPSA) is 46.2 Å². The van der Waals surface area contributed by atoms with E-state index in [1.165, 1.54) is 0 Å². The number of rotatable bonds is 2. The minimum atomic E-state index is -0.337. The molecule has 1 N–H and O–H groups in total. The molecule has 1 heterocycles. The van der Waals surface area contributed by atoms with E-state index in [1.54, 1.807) is 25.2 Å². The Morgan fingerprint density at radius 2 is 1.56 bits per heavy atom. The third kappa shape index (κ3) is 4.73. The van der Waals surface area contributed by atoms with Crippen molar-refractivity contribution in [1.82, 2.24) is 5.32 Å². The van der Waals surface area contributed by atoms with Crippen molar-refractivity contribution in [3.8, 4) is 0 Å². The molecule has 0 spiro atoms. The van der Waals surface area contributed by atoms with Gasteiger partial charge in [-0.1, -0.05) is 46.4 Å². The molecule has 0 fully saturated rings. The van der Waals surface area contributed by atoms with Crippen molar-refractivity contribution in [3.05, 3.63) is 36.0 Å². The summed E-state index contributed by atoms with van der Waals surface area (Å²) >= 11 is 0. The largest absolute Gasteiger partial charge is 0.288 e. The second-order valence-electron chi connectivity index (χ2n) is 2.42. The van der Waals surface area contributed by atoms with Crippen molar-refractivity contribution in [2.75, 3.05) is 0 Å². The highest BCUT2D eigenvalue weighted by Gasteiger charge is 2.24. The maximum atomic E-state index is 11.0. The number of nitrogens with one attached hydrogen (secondary N) is 1. The van der Waals surface area contributed by atoms with Gasteiger partial charge in [-0.25, -0.2) is 0 Å². The van der Waals surface area contributed by atoms with Gasteiger partial charge in [-0.3, -0.25) is 14.9 Å². The Kier molecular flexibility index (Phi) is 10.4. The first-order valence-electron chi connectivity index (χ1n) is 5.52. The van der Waals surface area contributed by atoms with E-state index >= 15 is 0 Å². The molecule has 0 aromatic heterocycles. The molecular weight excluding hydrogens is 202 g/mol. The lowest BCUT2D eigenvalue weighted by Crippen LogP contribution is -2.22. The number of imide groups is 1. The standard InChI is InChI=1S/C9H9NO2.2C2H6/c1-3-4-5-7-6(2)8(11)10-9(7)12;2*1-2/h3-5H,1H2,2H3,(H,10,11,12);2*1-2H3/b5-4-;;. The normalized spacial score (nSPS) is 13.8. The summed E-state index contributed by atoms with van der Waals surface area (Å²) in [7, 11) is 0. The lowest BCUT2D eigenvalue weighted by molar-refractivity contribution is -0.124. The van der Waals surface area contributed by atoms with Gasteiger partial charge in [0.15, 0.2) is 0 Å². The highest BCUT2D eigenvalue weighted by Crippen LogP contribution is 2.12. The zero-order valence-corrected chi connectivity index (χ0v) is 10.8. The van der Waals surface area contributed by atoms with Gasteiger partial charge in [0.1, 0.15) is 0 Å². The van der Waals surface area contributed by atoms with E-state index in [2.05, 4.69) is 11.9 Å². The van der Waals surface area contributed by atoms with Crippen LogP contribution in [0.25, 0.3) is 0 Å². The summed E-state index contributed by atoms with van der Waals surface area (Å²) < 4.78 is 0. The van der Waals surface area contributed by atoms with Crippen LogP contribution < -0.4 is 5.32 Å². The maximum Gasteiger partial charge on any atom is 0.258 e. The quantitative estimate of drug-likeness (QED) is 0.578. The van der Waals surface area contributed by atoms with Gasteiger partial charge in [-0.15, -0.1) is 0 Å². The monoisotopic (exact) mass is 223 g/mol. The molecule has 3 heteroatoms. The Hall–Kier alpha value is -1.64. The van der Waals surface area contributed by atoms with E-state index in [4.69, 9.17) is 0 Å². The number of hydrogen-bond acceptors (Lipinski definition) is 2. The van der Waals surface area contributed by atoms with E-state index in [-0.39, 0.29) is 11.8 Å². The van der Waals surface area contributed by atoms with Gasteiger partial charge >= 0.3 is 0 Å². The van der Waals surface area contributed by atoms with Crippen molar-refractivity contribution in [2.24, 2.45) is 0 Å². The predicted octanol–water partition coefficient (Wildman–Crippen LogP) is 2.75. The smallest absolute Gasteiger partial charge is 0.258 e. The molecule has 90 valence electrons. The zero-order chi connectivity index (χ0) is 13.1. The minimum Gasteiger partial charge on any atom is -0.288 e. The van der Waals surface area contributed by atoms with Crippen LogP contribution >= 0.6 is 0 Å². The fraction of sp³-hybridized carbons (Fsp3) is 0.385. The van der Waals surface area contributed by atoms with Crippen LogP contribution in [0.2, 0.25) is 0 Å². The highest BCUT2D eigenvalue weighted by molar-refractivity contribution is 6.20. The molecule has 0 aromatic rings. The lowest BCUT2D eigenvalue weighted by atomic mass is 10.1. The third-order valence-electron chi connectivity index (χ3n) is 1.62. The number of carbonyl (C=O) groups is 2. The average molecular weight is 223 g/mol. The van der Waals surface area contributed by atoms with Crippen LogP contribution in [0.4, 0.5) is 0 Å². The number of amides is 2. The molecule has 1 aliphatic rings. The van der Waals surface area contributed by atoms with E-state index in [9.17, 15) is 9.59 Å². The van der Waals surface area contributed by atoms with Crippen LogP contribution in [0.1, 0.15) is 34.6 Å². The second-order valence-corrected chi connectivity index (χ2v) is 2.42. The molecule has 0 saturated heterocycles. The highest BCUT2D eigenvalue weighted by atomic mass is 16.2. The van der Waals surface area contributed by atoms with Gasteiger partial charge in [0.2, 0.25) is 0 Å². The van der Waals surface area contributed by atoms with Gasteiger partial charge < -0.3 is 0 Å². The van der Waals surface area contributed by atoms with Gasteiger partial charge in [0.25, 0.3) is 11.8 Å². The van der Waals surface area contributed by atoms with Gasteiger partial charge in [-0.05, 0) is 13.0 Å². The Labute approximate surface area is 97.9 Å². The van der Waals surface area contributed by atoms with E-state index < -0.39 is 0 Å². The van der Waals surface area contributed by atoms with Crippen molar-refractivity contribution >= 4 is 11.8 Å². The maximum absolute atomic E-state index is 11.0. The summed E-state index contributed by atoms with van der Waals surface area (Å²) in [5, 5.41) is 2.19. The van der Waals surface area contributed by atoms with Gasteiger partial charge in [0.05, 0.1) is 0 Å². The van der Waals surface area contributed by atoms with Crippen LogP contribution in [0.5, 0.6) is 0 Å². The van der Waals surface area contributed by atoms with Crippen molar-refractivity contribution in [1.29, 1.82) is 0 Å². The summed E-state index contributed by atoms with van der Waals surface area (Å²) in [6.45, 7) is 13.1. The summed E-state index contributed by atoms with van der Waals surface area (Å²) in [4.78, 5) is 21.9. The number of carbonyl (C=O) groups excluding carboxylic acids is 2. The summed E-state index contributed by atoms with van der Waals surface area (Å²) in [5.74, 6) is -0.653. The van der Waals surface area contributed by atoms with Crippen molar-refractivity contribution in [3.63, 3.8) is 0 Å². The molecule has 1 aliphatic heterocycles. The molecule has 3 nitrogen and oxygen atoms in total. The molecule has 0 aliphatic carbocycles. The second kappa shape index (κ2) is 9.90. The van der Waals surface area contributed by atoms with Crippen LogP contribution in [0.15, 0.2) is 36.0 Å². The fourth-order valence-corrected chi connectivity index (χ4v) is 0.922.